The van der Waals surface area contributed by atoms with Gasteiger partial charge in [0.2, 0.25) is 6.41 Å². The highest BCUT2D eigenvalue weighted by Crippen LogP contribution is 2.70. The molecule has 0 aromatic carbocycles. The Kier molecular flexibility index (Phi) is 7.54. The maximum atomic E-state index is 14.7. The highest BCUT2D eigenvalue weighted by atomic mass is 16.7. The summed E-state index contributed by atoms with van der Waals surface area (Å²) in [6.07, 6.45) is -0.211. The summed E-state index contributed by atoms with van der Waals surface area (Å²) < 4.78 is 32.5. The SMILES string of the molecule is C=C[C@@]1(C)CC(=O)[C@@]23OC(N(C)C)O[C@H]4CCC(C)(C)[C@H]([C@H](OC(=O)NCCC)[C@H](OC(C)=O)[C@@]2(C)O1)[C@]43C. The number of esters is 1. The molecule has 2 aliphatic carbocycles. The molecule has 0 bridgehead atoms. The molecule has 4 aliphatic rings. The standard InChI is InChI=1S/C29H46N2O8/c1-11-15-30-23(34)37-20-21-25(4,5)14-13-19-27(21,7)29(38-24(36-19)31(9)10)18(33)16-26(6,12-2)39-28(29,8)22(20)35-17(3)32/h12,19-22,24H,2,11,13-16H2,1,3-10H3,(H,30,34)/t19-,20-,21-,22-,24?,26-,27-,28+,29-/m0/s1. The van der Waals surface area contributed by atoms with Gasteiger partial charge >= 0.3 is 12.1 Å². The van der Waals surface area contributed by atoms with Crippen LogP contribution in [-0.4, -0.2) is 84.9 Å². The van der Waals surface area contributed by atoms with E-state index in [1.165, 1.54) is 6.92 Å². The Morgan fingerprint density at radius 3 is 2.41 bits per heavy atom. The maximum Gasteiger partial charge on any atom is 0.407 e. The number of carbonyl (C=O) groups is 3. The first kappa shape index (κ1) is 30.0. The van der Waals surface area contributed by atoms with Gasteiger partial charge in [0, 0.05) is 31.2 Å². The lowest BCUT2D eigenvalue weighted by atomic mass is 9.39. The van der Waals surface area contributed by atoms with Gasteiger partial charge in [-0.25, -0.2) is 4.79 Å². The summed E-state index contributed by atoms with van der Waals surface area (Å²) in [5.74, 6) is -1.22. The van der Waals surface area contributed by atoms with Gasteiger partial charge in [0.1, 0.15) is 11.7 Å². The van der Waals surface area contributed by atoms with Crippen LogP contribution in [0.5, 0.6) is 0 Å². The van der Waals surface area contributed by atoms with Crippen molar-refractivity contribution < 1.29 is 38.1 Å². The quantitative estimate of drug-likeness (QED) is 0.392. The molecule has 2 saturated heterocycles. The number of ketones is 1. The number of nitrogens with one attached hydrogen (secondary N) is 1. The first-order chi connectivity index (χ1) is 18.0. The topological polar surface area (TPSA) is 113 Å². The lowest BCUT2D eigenvalue weighted by Gasteiger charge is -2.74. The second-order valence-corrected chi connectivity index (χ2v) is 13.1. The molecule has 4 fully saturated rings. The van der Waals surface area contributed by atoms with Crippen molar-refractivity contribution in [1.29, 1.82) is 0 Å². The molecule has 0 aromatic heterocycles. The Morgan fingerprint density at radius 1 is 1.18 bits per heavy atom. The number of ether oxygens (including phenoxy) is 5. The zero-order valence-corrected chi connectivity index (χ0v) is 24.9. The average molecular weight is 551 g/mol. The minimum atomic E-state index is -1.58. The molecule has 0 aromatic rings. The highest BCUT2D eigenvalue weighted by molar-refractivity contribution is 5.93. The van der Waals surface area contributed by atoms with Gasteiger partial charge in [-0.3, -0.25) is 14.5 Å². The van der Waals surface area contributed by atoms with Crippen LogP contribution in [0.2, 0.25) is 0 Å². The van der Waals surface area contributed by atoms with Crippen LogP contribution in [0.3, 0.4) is 0 Å². The molecule has 2 saturated carbocycles. The van der Waals surface area contributed by atoms with Crippen molar-refractivity contribution in [2.24, 2.45) is 16.7 Å². The first-order valence-electron chi connectivity index (χ1n) is 14.0. The van der Waals surface area contributed by atoms with Gasteiger partial charge in [-0.15, -0.1) is 6.58 Å². The van der Waals surface area contributed by atoms with E-state index in [1.807, 2.05) is 27.9 Å². The summed E-state index contributed by atoms with van der Waals surface area (Å²) in [7, 11) is 3.65. The van der Waals surface area contributed by atoms with E-state index in [4.69, 9.17) is 23.7 Å². The largest absolute Gasteiger partial charge is 0.455 e. The summed E-state index contributed by atoms with van der Waals surface area (Å²) >= 11 is 0. The van der Waals surface area contributed by atoms with Crippen molar-refractivity contribution in [1.82, 2.24) is 10.2 Å². The fourth-order valence-electron chi connectivity index (χ4n) is 8.16. The number of hydrogen-bond donors (Lipinski definition) is 1. The fraction of sp³-hybridized carbons (Fsp3) is 0.828. The molecule has 1 spiro atoms. The Balaban J connectivity index is 2.03. The third-order valence-corrected chi connectivity index (χ3v) is 9.65. The Labute approximate surface area is 232 Å². The van der Waals surface area contributed by atoms with Crippen molar-refractivity contribution in [2.45, 2.75) is 116 Å². The third-order valence-electron chi connectivity index (χ3n) is 9.65. The molecule has 2 heterocycles. The second kappa shape index (κ2) is 9.82. The monoisotopic (exact) mass is 550 g/mol. The number of amides is 1. The van der Waals surface area contributed by atoms with E-state index in [9.17, 15) is 14.4 Å². The normalized spacial score (nSPS) is 44.6. The van der Waals surface area contributed by atoms with Gasteiger partial charge in [-0.1, -0.05) is 33.8 Å². The lowest BCUT2D eigenvalue weighted by Crippen LogP contribution is -2.90. The van der Waals surface area contributed by atoms with Crippen LogP contribution >= 0.6 is 0 Å². The average Bonchev–Trinajstić information content (AvgIpc) is 2.82. The van der Waals surface area contributed by atoms with E-state index in [0.29, 0.717) is 13.0 Å². The van der Waals surface area contributed by atoms with Crippen molar-refractivity contribution >= 4 is 17.8 Å². The third kappa shape index (κ3) is 4.24. The predicted molar refractivity (Wildman–Crippen MR) is 143 cm³/mol. The highest BCUT2D eigenvalue weighted by Gasteiger charge is 2.85. The van der Waals surface area contributed by atoms with Gasteiger partial charge < -0.3 is 29.0 Å². The van der Waals surface area contributed by atoms with Crippen LogP contribution in [0.1, 0.15) is 74.1 Å². The van der Waals surface area contributed by atoms with Crippen LogP contribution < -0.4 is 5.32 Å². The Hall–Kier alpha value is -2.01. The van der Waals surface area contributed by atoms with Crippen LogP contribution in [0.25, 0.3) is 0 Å². The van der Waals surface area contributed by atoms with Crippen molar-refractivity contribution in [3.8, 4) is 0 Å². The number of hydrogen-bond acceptors (Lipinski definition) is 9. The molecule has 4 rings (SSSR count). The molecule has 1 amide bonds. The summed E-state index contributed by atoms with van der Waals surface area (Å²) in [5, 5.41) is 2.79. The van der Waals surface area contributed by atoms with Crippen molar-refractivity contribution in [3.05, 3.63) is 12.7 Å². The molecule has 2 aliphatic heterocycles. The molecule has 1 N–H and O–H groups in total. The second-order valence-electron chi connectivity index (χ2n) is 13.1. The van der Waals surface area contributed by atoms with Gasteiger partial charge in [0.25, 0.3) is 0 Å². The minimum absolute atomic E-state index is 0.0248. The number of nitrogens with zero attached hydrogens (tertiary/aromatic N) is 1. The number of Topliss-reactive ketones (excluding diaryl/α,β-unsaturated/α-hetero) is 1. The zero-order valence-electron chi connectivity index (χ0n) is 24.9. The first-order valence-corrected chi connectivity index (χ1v) is 14.0. The van der Waals surface area contributed by atoms with Crippen LogP contribution in [0, 0.1) is 16.7 Å². The minimum Gasteiger partial charge on any atom is -0.455 e. The van der Waals surface area contributed by atoms with Crippen LogP contribution in [0.4, 0.5) is 4.79 Å². The molecule has 1 unspecified atom stereocenters. The van der Waals surface area contributed by atoms with Gasteiger partial charge in [-0.05, 0) is 52.6 Å². The smallest absolute Gasteiger partial charge is 0.407 e. The van der Waals surface area contributed by atoms with Crippen LogP contribution in [-0.2, 0) is 33.3 Å². The fourth-order valence-corrected chi connectivity index (χ4v) is 8.16. The molecular weight excluding hydrogens is 504 g/mol. The van der Waals surface area contributed by atoms with Gasteiger partial charge in [0.15, 0.2) is 17.5 Å². The molecule has 10 nitrogen and oxygen atoms in total. The van der Waals surface area contributed by atoms with E-state index in [2.05, 4.69) is 25.7 Å². The number of alkyl carbamates (subject to hydrolysis) is 1. The van der Waals surface area contributed by atoms with E-state index in [-0.39, 0.29) is 12.2 Å². The molecule has 0 radical (unpaired) electrons. The van der Waals surface area contributed by atoms with Crippen molar-refractivity contribution in [2.75, 3.05) is 20.6 Å². The molecule has 39 heavy (non-hydrogen) atoms. The number of rotatable bonds is 6. The lowest BCUT2D eigenvalue weighted by molar-refractivity contribution is -0.456. The molecule has 10 heteroatoms. The predicted octanol–water partition coefficient (Wildman–Crippen LogP) is 3.57. The summed E-state index contributed by atoms with van der Waals surface area (Å²) in [6, 6.07) is 0. The van der Waals surface area contributed by atoms with E-state index in [1.54, 1.807) is 24.8 Å². The number of carbonyl (C=O) groups excluding carboxylic acids is 3. The Bertz CT molecular complexity index is 1030. The molecular formula is C29H46N2O8. The van der Waals surface area contributed by atoms with E-state index < -0.39 is 70.3 Å². The van der Waals surface area contributed by atoms with E-state index in [0.717, 1.165) is 12.8 Å². The summed E-state index contributed by atoms with van der Waals surface area (Å²) in [5.41, 5.74) is -5.64. The van der Waals surface area contributed by atoms with Crippen molar-refractivity contribution in [3.63, 3.8) is 0 Å². The zero-order chi connectivity index (χ0) is 29.2. The summed E-state index contributed by atoms with van der Waals surface area (Å²) in [4.78, 5) is 42.3. The Morgan fingerprint density at radius 2 is 1.85 bits per heavy atom. The van der Waals surface area contributed by atoms with E-state index >= 15 is 0 Å². The molecule has 9 atom stereocenters. The van der Waals surface area contributed by atoms with Crippen LogP contribution in [0.15, 0.2) is 12.7 Å². The molecule has 220 valence electrons. The summed E-state index contributed by atoms with van der Waals surface area (Å²) in [6.45, 7) is 17.3. The van der Waals surface area contributed by atoms with Gasteiger partial charge in [0.05, 0.1) is 11.7 Å². The van der Waals surface area contributed by atoms with Gasteiger partial charge in [-0.2, -0.15) is 0 Å². The maximum absolute atomic E-state index is 14.7.